The van der Waals surface area contributed by atoms with E-state index in [0.29, 0.717) is 21.5 Å². The summed E-state index contributed by atoms with van der Waals surface area (Å²) in [6.07, 6.45) is -1.35. The van der Waals surface area contributed by atoms with Crippen LogP contribution in [0, 0.1) is 0 Å². The summed E-state index contributed by atoms with van der Waals surface area (Å²) in [5.41, 5.74) is 5.70. The van der Waals surface area contributed by atoms with E-state index >= 15 is 0 Å². The van der Waals surface area contributed by atoms with Crippen LogP contribution in [0.4, 0.5) is 0 Å². The van der Waals surface area contributed by atoms with E-state index in [1.165, 1.54) is 20.3 Å². The molecule has 18 heavy (non-hydrogen) atoms. The van der Waals surface area contributed by atoms with Crippen molar-refractivity contribution in [2.24, 2.45) is 5.73 Å². The fourth-order valence-corrected chi connectivity index (χ4v) is 1.98. The van der Waals surface area contributed by atoms with Gasteiger partial charge in [-0.25, -0.2) is 0 Å². The van der Waals surface area contributed by atoms with Crippen LogP contribution in [0.15, 0.2) is 16.6 Å². The lowest BCUT2D eigenvalue weighted by molar-refractivity contribution is -0.141. The number of hydrogen-bond acceptors (Lipinski definition) is 5. The Hall–Kier alpha value is -1.31. The van der Waals surface area contributed by atoms with Crippen LogP contribution >= 0.6 is 15.9 Å². The van der Waals surface area contributed by atoms with Gasteiger partial charge in [-0.2, -0.15) is 0 Å². The van der Waals surface area contributed by atoms with Gasteiger partial charge in [-0.15, -0.1) is 0 Å². The molecule has 0 aliphatic rings. The van der Waals surface area contributed by atoms with Crippen LogP contribution in [0.25, 0.3) is 0 Å². The first kappa shape index (κ1) is 14.7. The van der Waals surface area contributed by atoms with Gasteiger partial charge in [-0.3, -0.25) is 4.79 Å². The normalized spacial score (nSPS) is 13.8. The molecule has 0 saturated heterocycles. The van der Waals surface area contributed by atoms with Crippen molar-refractivity contribution in [1.29, 1.82) is 0 Å². The fourth-order valence-electron chi connectivity index (χ4n) is 1.43. The molecule has 0 saturated carbocycles. The van der Waals surface area contributed by atoms with Crippen LogP contribution in [-0.2, 0) is 4.79 Å². The zero-order chi connectivity index (χ0) is 13.9. The van der Waals surface area contributed by atoms with Gasteiger partial charge in [0.05, 0.1) is 14.2 Å². The van der Waals surface area contributed by atoms with Crippen molar-refractivity contribution in [3.05, 3.63) is 22.2 Å². The van der Waals surface area contributed by atoms with Gasteiger partial charge in [0, 0.05) is 10.0 Å². The molecule has 0 aliphatic heterocycles. The number of methoxy groups -OCH3 is 2. The molecule has 6 nitrogen and oxygen atoms in total. The number of carboxylic acid groups (broad SMARTS) is 1. The van der Waals surface area contributed by atoms with E-state index in [4.69, 9.17) is 20.3 Å². The Morgan fingerprint density at radius 1 is 1.33 bits per heavy atom. The predicted molar refractivity (Wildman–Crippen MR) is 67.8 cm³/mol. The first-order valence-electron chi connectivity index (χ1n) is 5.00. The van der Waals surface area contributed by atoms with E-state index in [0.717, 1.165) is 0 Å². The van der Waals surface area contributed by atoms with Crippen LogP contribution in [0.2, 0.25) is 0 Å². The number of aliphatic carboxylic acids is 1. The third-order valence-electron chi connectivity index (χ3n) is 2.45. The number of nitrogens with two attached hydrogens (primary N) is 1. The van der Waals surface area contributed by atoms with Crippen LogP contribution in [0.5, 0.6) is 11.5 Å². The predicted octanol–water partition coefficient (Wildman–Crippen LogP) is 0.912. The zero-order valence-corrected chi connectivity index (χ0v) is 11.5. The number of rotatable bonds is 5. The number of benzene rings is 1. The van der Waals surface area contributed by atoms with Gasteiger partial charge in [-0.1, -0.05) is 15.9 Å². The van der Waals surface area contributed by atoms with Crippen molar-refractivity contribution in [1.82, 2.24) is 0 Å². The van der Waals surface area contributed by atoms with Gasteiger partial charge in [0.15, 0.2) is 11.5 Å². The maximum Gasteiger partial charge on any atom is 0.323 e. The highest BCUT2D eigenvalue weighted by atomic mass is 79.9. The fraction of sp³-hybridized carbons (Fsp3) is 0.364. The van der Waals surface area contributed by atoms with Crippen LogP contribution in [-0.4, -0.2) is 36.4 Å². The second-order valence-electron chi connectivity index (χ2n) is 3.54. The molecule has 0 bridgehead atoms. The van der Waals surface area contributed by atoms with Crippen molar-refractivity contribution in [3.8, 4) is 11.5 Å². The maximum absolute atomic E-state index is 10.7. The Balaban J connectivity index is 3.20. The summed E-state index contributed by atoms with van der Waals surface area (Å²) in [6, 6.07) is 1.64. The molecule has 0 aliphatic carbocycles. The third-order valence-corrected chi connectivity index (χ3v) is 3.13. The minimum atomic E-state index is -1.42. The number of halogens is 1. The molecule has 0 radical (unpaired) electrons. The summed E-state index contributed by atoms with van der Waals surface area (Å²) in [5, 5.41) is 18.7. The number of hydrogen-bond donors (Lipinski definition) is 3. The number of carboxylic acids is 1. The second kappa shape index (κ2) is 6.03. The molecule has 1 aromatic carbocycles. The Kier molecular flexibility index (Phi) is 4.94. The Morgan fingerprint density at radius 2 is 1.83 bits per heavy atom. The molecule has 0 heterocycles. The molecule has 100 valence electrons. The zero-order valence-electron chi connectivity index (χ0n) is 9.88. The van der Waals surface area contributed by atoms with Gasteiger partial charge in [0.25, 0.3) is 0 Å². The van der Waals surface area contributed by atoms with E-state index in [1.54, 1.807) is 6.07 Å². The monoisotopic (exact) mass is 319 g/mol. The molecule has 1 rings (SSSR count). The molecule has 2 unspecified atom stereocenters. The lowest BCUT2D eigenvalue weighted by atomic mass is 10.0. The average molecular weight is 320 g/mol. The summed E-state index contributed by atoms with van der Waals surface area (Å²) in [7, 11) is 2.92. The van der Waals surface area contributed by atoms with Crippen LogP contribution in [0.3, 0.4) is 0 Å². The summed E-state index contributed by atoms with van der Waals surface area (Å²) >= 11 is 3.23. The highest BCUT2D eigenvalue weighted by Crippen LogP contribution is 2.36. The largest absolute Gasteiger partial charge is 0.493 e. The molecule has 2 atom stereocenters. The summed E-state index contributed by atoms with van der Waals surface area (Å²) in [6.45, 7) is 0. The maximum atomic E-state index is 10.7. The van der Waals surface area contributed by atoms with E-state index in [1.807, 2.05) is 0 Å². The van der Waals surface area contributed by atoms with Crippen molar-refractivity contribution in [2.75, 3.05) is 14.2 Å². The Bertz CT molecular complexity index is 451. The van der Waals surface area contributed by atoms with Crippen LogP contribution < -0.4 is 15.2 Å². The minimum Gasteiger partial charge on any atom is -0.493 e. The molecular weight excluding hydrogens is 306 g/mol. The molecule has 0 amide bonds. The number of aliphatic hydroxyl groups is 1. The highest BCUT2D eigenvalue weighted by molar-refractivity contribution is 9.10. The summed E-state index contributed by atoms with van der Waals surface area (Å²) in [5.74, 6) is -0.444. The van der Waals surface area contributed by atoms with Crippen molar-refractivity contribution < 1.29 is 24.5 Å². The van der Waals surface area contributed by atoms with E-state index in [2.05, 4.69) is 15.9 Å². The molecule has 0 fully saturated rings. The number of ether oxygens (including phenoxy) is 2. The lowest BCUT2D eigenvalue weighted by Crippen LogP contribution is -2.36. The summed E-state index contributed by atoms with van der Waals surface area (Å²) in [4.78, 5) is 10.7. The van der Waals surface area contributed by atoms with Gasteiger partial charge in [0.2, 0.25) is 0 Å². The molecule has 1 aromatic rings. The third kappa shape index (κ3) is 2.92. The standard InChI is InChI=1S/C11H14BrNO5/c1-17-7-3-5(6(12)4-8(7)18-2)10(14)9(13)11(15)16/h3-4,9-10,14H,13H2,1-2H3,(H,15,16). The van der Waals surface area contributed by atoms with Gasteiger partial charge in [0.1, 0.15) is 12.1 Å². The smallest absolute Gasteiger partial charge is 0.323 e. The summed E-state index contributed by atoms with van der Waals surface area (Å²) < 4.78 is 10.6. The topological polar surface area (TPSA) is 102 Å². The molecular formula is C11H14BrNO5. The second-order valence-corrected chi connectivity index (χ2v) is 4.39. The van der Waals surface area contributed by atoms with Crippen molar-refractivity contribution in [2.45, 2.75) is 12.1 Å². The van der Waals surface area contributed by atoms with Gasteiger partial charge < -0.3 is 25.4 Å². The molecule has 4 N–H and O–H groups in total. The quantitative estimate of drug-likeness (QED) is 0.745. The first-order chi connectivity index (χ1) is 8.42. The van der Waals surface area contributed by atoms with Crippen LogP contribution in [0.1, 0.15) is 11.7 Å². The minimum absolute atomic E-state index is 0.322. The number of carbonyl (C=O) groups is 1. The van der Waals surface area contributed by atoms with Crippen molar-refractivity contribution in [3.63, 3.8) is 0 Å². The van der Waals surface area contributed by atoms with E-state index in [-0.39, 0.29) is 0 Å². The Labute approximate surface area is 112 Å². The number of aliphatic hydroxyl groups excluding tert-OH is 1. The van der Waals surface area contributed by atoms with Crippen molar-refractivity contribution >= 4 is 21.9 Å². The highest BCUT2D eigenvalue weighted by Gasteiger charge is 2.26. The SMILES string of the molecule is COc1cc(Br)c(C(O)C(N)C(=O)O)cc1OC. The van der Waals surface area contributed by atoms with E-state index in [9.17, 15) is 9.90 Å². The van der Waals surface area contributed by atoms with Gasteiger partial charge >= 0.3 is 5.97 Å². The van der Waals surface area contributed by atoms with E-state index < -0.39 is 18.1 Å². The lowest BCUT2D eigenvalue weighted by Gasteiger charge is -2.18. The van der Waals surface area contributed by atoms with Gasteiger partial charge in [-0.05, 0) is 12.1 Å². The first-order valence-corrected chi connectivity index (χ1v) is 5.79. The molecule has 0 aromatic heterocycles. The Morgan fingerprint density at radius 3 is 2.28 bits per heavy atom. The average Bonchev–Trinajstić information content (AvgIpc) is 2.36. The molecule has 0 spiro atoms. The molecule has 7 heteroatoms.